The molecule has 0 aliphatic rings. The number of methoxy groups -OCH3 is 1. The Morgan fingerprint density at radius 1 is 1.42 bits per heavy atom. The van der Waals surface area contributed by atoms with Crippen LogP contribution in [0.2, 0.25) is 0 Å². The highest BCUT2D eigenvalue weighted by Crippen LogP contribution is 2.25. The van der Waals surface area contributed by atoms with E-state index in [1.807, 2.05) is 18.2 Å². The van der Waals surface area contributed by atoms with Crippen LogP contribution in [0.15, 0.2) is 24.3 Å². The van der Waals surface area contributed by atoms with Crippen LogP contribution < -0.4 is 15.4 Å². The van der Waals surface area contributed by atoms with Gasteiger partial charge in [-0.15, -0.1) is 0 Å². The van der Waals surface area contributed by atoms with Crippen LogP contribution in [0.1, 0.15) is 10.5 Å². The molecule has 2 amide bonds. The van der Waals surface area contributed by atoms with E-state index >= 15 is 0 Å². The molecule has 6 heteroatoms. The zero-order valence-corrected chi connectivity index (χ0v) is 10.5. The fourth-order valence-electron chi connectivity index (χ4n) is 1.83. The second kappa shape index (κ2) is 5.90. The summed E-state index contributed by atoms with van der Waals surface area (Å²) in [4.78, 5) is 25.0. The summed E-state index contributed by atoms with van der Waals surface area (Å²) in [6.45, 7) is 0.781. The quantitative estimate of drug-likeness (QED) is 0.527. The second-order valence-corrected chi connectivity index (χ2v) is 3.93. The number of hydrogen-bond acceptors (Lipinski definition) is 3. The van der Waals surface area contributed by atoms with Crippen LogP contribution in [-0.2, 0) is 4.79 Å². The summed E-state index contributed by atoms with van der Waals surface area (Å²) >= 11 is 0. The summed E-state index contributed by atoms with van der Waals surface area (Å²) < 4.78 is 5.23. The molecule has 100 valence electrons. The van der Waals surface area contributed by atoms with Gasteiger partial charge in [0.2, 0.25) is 6.41 Å². The summed E-state index contributed by atoms with van der Waals surface area (Å²) in [5, 5.41) is 6.04. The number of fused-ring (bicyclic) bond motifs is 1. The number of benzene rings is 1. The predicted molar refractivity (Wildman–Crippen MR) is 71.3 cm³/mol. The molecule has 3 N–H and O–H groups in total. The van der Waals surface area contributed by atoms with Crippen LogP contribution in [0, 0.1) is 0 Å². The fourth-order valence-corrected chi connectivity index (χ4v) is 1.83. The predicted octanol–water partition coefficient (Wildman–Crippen LogP) is 0.652. The van der Waals surface area contributed by atoms with Crippen molar-refractivity contribution in [3.63, 3.8) is 0 Å². The molecule has 2 rings (SSSR count). The topological polar surface area (TPSA) is 83.2 Å². The van der Waals surface area contributed by atoms with Crippen molar-refractivity contribution in [2.45, 2.75) is 0 Å². The molecule has 2 aromatic rings. The number of H-pyrrole nitrogens is 1. The minimum absolute atomic E-state index is 0.217. The highest BCUT2D eigenvalue weighted by molar-refractivity contribution is 5.99. The van der Waals surface area contributed by atoms with Gasteiger partial charge in [-0.25, -0.2) is 0 Å². The maximum absolute atomic E-state index is 11.9. The van der Waals surface area contributed by atoms with Crippen molar-refractivity contribution in [3.05, 3.63) is 30.0 Å². The number of aromatic nitrogens is 1. The normalized spacial score (nSPS) is 10.2. The third kappa shape index (κ3) is 2.85. The van der Waals surface area contributed by atoms with Crippen molar-refractivity contribution in [3.8, 4) is 5.75 Å². The second-order valence-electron chi connectivity index (χ2n) is 3.93. The SMILES string of the molecule is COc1cccc2[nH]c(C(=O)NCCNC=O)cc12. The van der Waals surface area contributed by atoms with E-state index in [4.69, 9.17) is 4.74 Å². The van der Waals surface area contributed by atoms with Gasteiger partial charge in [0.25, 0.3) is 5.91 Å². The fraction of sp³-hybridized carbons (Fsp3) is 0.231. The molecule has 0 bridgehead atoms. The van der Waals surface area contributed by atoms with E-state index in [0.29, 0.717) is 25.2 Å². The highest BCUT2D eigenvalue weighted by atomic mass is 16.5. The van der Waals surface area contributed by atoms with Crippen molar-refractivity contribution in [2.24, 2.45) is 0 Å². The smallest absolute Gasteiger partial charge is 0.267 e. The number of hydrogen-bond donors (Lipinski definition) is 3. The zero-order valence-electron chi connectivity index (χ0n) is 10.5. The molecule has 0 atom stereocenters. The lowest BCUT2D eigenvalue weighted by Crippen LogP contribution is -2.31. The van der Waals surface area contributed by atoms with Crippen molar-refractivity contribution in [1.29, 1.82) is 0 Å². The number of aromatic amines is 1. The van der Waals surface area contributed by atoms with E-state index in [1.165, 1.54) is 0 Å². The first-order valence-corrected chi connectivity index (χ1v) is 5.87. The number of rotatable bonds is 6. The van der Waals surface area contributed by atoms with E-state index in [1.54, 1.807) is 13.2 Å². The van der Waals surface area contributed by atoms with Gasteiger partial charge in [-0.1, -0.05) is 6.07 Å². The van der Waals surface area contributed by atoms with Crippen molar-refractivity contribution < 1.29 is 14.3 Å². The summed E-state index contributed by atoms with van der Waals surface area (Å²) in [6.07, 6.45) is 0.597. The largest absolute Gasteiger partial charge is 0.496 e. The third-order valence-electron chi connectivity index (χ3n) is 2.73. The third-order valence-corrected chi connectivity index (χ3v) is 2.73. The number of carbonyl (C=O) groups excluding carboxylic acids is 2. The molecule has 0 spiro atoms. The molecule has 6 nitrogen and oxygen atoms in total. The number of carbonyl (C=O) groups is 2. The van der Waals surface area contributed by atoms with Crippen LogP contribution in [-0.4, -0.2) is 37.5 Å². The Balaban J connectivity index is 2.12. The van der Waals surface area contributed by atoms with Crippen LogP contribution >= 0.6 is 0 Å². The van der Waals surface area contributed by atoms with Crippen molar-refractivity contribution in [2.75, 3.05) is 20.2 Å². The standard InChI is InChI=1S/C13H15N3O3/c1-19-12-4-2-3-10-9(12)7-11(16-10)13(18)15-6-5-14-8-17/h2-4,7-8,16H,5-6H2,1H3,(H,14,17)(H,15,18). The Labute approximate surface area is 110 Å². The molecule has 0 saturated heterocycles. The molecule has 0 unspecified atom stereocenters. The molecule has 0 fully saturated rings. The van der Waals surface area contributed by atoms with E-state index in [-0.39, 0.29) is 5.91 Å². The van der Waals surface area contributed by atoms with Crippen LogP contribution in [0.5, 0.6) is 5.75 Å². The lowest BCUT2D eigenvalue weighted by molar-refractivity contribution is -0.109. The minimum Gasteiger partial charge on any atom is -0.496 e. The monoisotopic (exact) mass is 261 g/mol. The Hall–Kier alpha value is -2.50. The molecule has 0 aliphatic carbocycles. The maximum atomic E-state index is 11.9. The summed E-state index contributed by atoms with van der Waals surface area (Å²) in [5.41, 5.74) is 1.31. The number of amides is 2. The van der Waals surface area contributed by atoms with E-state index in [9.17, 15) is 9.59 Å². The molecule has 1 heterocycles. The van der Waals surface area contributed by atoms with Gasteiger partial charge in [-0.2, -0.15) is 0 Å². The van der Waals surface area contributed by atoms with Gasteiger partial charge in [0, 0.05) is 24.0 Å². The zero-order chi connectivity index (χ0) is 13.7. The maximum Gasteiger partial charge on any atom is 0.267 e. The van der Waals surface area contributed by atoms with Gasteiger partial charge in [0.1, 0.15) is 11.4 Å². The minimum atomic E-state index is -0.217. The first kappa shape index (κ1) is 12.9. The summed E-state index contributed by atoms with van der Waals surface area (Å²) in [7, 11) is 1.59. The Morgan fingerprint density at radius 3 is 3.00 bits per heavy atom. The molecular weight excluding hydrogens is 246 g/mol. The van der Waals surface area contributed by atoms with Gasteiger partial charge in [-0.05, 0) is 18.2 Å². The van der Waals surface area contributed by atoms with Gasteiger partial charge in [0.05, 0.1) is 7.11 Å². The lowest BCUT2D eigenvalue weighted by Gasteiger charge is -2.02. The lowest BCUT2D eigenvalue weighted by atomic mass is 10.2. The first-order valence-electron chi connectivity index (χ1n) is 5.87. The van der Waals surface area contributed by atoms with E-state index in [0.717, 1.165) is 16.7 Å². The highest BCUT2D eigenvalue weighted by Gasteiger charge is 2.11. The van der Waals surface area contributed by atoms with Crippen LogP contribution in [0.25, 0.3) is 10.9 Å². The van der Waals surface area contributed by atoms with Gasteiger partial charge >= 0.3 is 0 Å². The Morgan fingerprint density at radius 2 is 2.26 bits per heavy atom. The molecule has 0 aliphatic heterocycles. The summed E-state index contributed by atoms with van der Waals surface area (Å²) in [5.74, 6) is 0.501. The number of nitrogens with one attached hydrogen (secondary N) is 3. The molecule has 1 aromatic heterocycles. The Kier molecular flexibility index (Phi) is 4.02. The van der Waals surface area contributed by atoms with Gasteiger partial charge in [0.15, 0.2) is 0 Å². The van der Waals surface area contributed by atoms with Gasteiger partial charge in [-0.3, -0.25) is 9.59 Å². The van der Waals surface area contributed by atoms with E-state index in [2.05, 4.69) is 15.6 Å². The molecule has 1 aromatic carbocycles. The molecule has 19 heavy (non-hydrogen) atoms. The van der Waals surface area contributed by atoms with Gasteiger partial charge < -0.3 is 20.4 Å². The Bertz CT molecular complexity index is 592. The molecule has 0 radical (unpaired) electrons. The first-order chi connectivity index (χ1) is 9.26. The molecular formula is C13H15N3O3. The van der Waals surface area contributed by atoms with Crippen molar-refractivity contribution >= 4 is 23.2 Å². The average Bonchev–Trinajstić information content (AvgIpc) is 2.87. The number of ether oxygens (including phenoxy) is 1. The van der Waals surface area contributed by atoms with Crippen LogP contribution in [0.4, 0.5) is 0 Å². The average molecular weight is 261 g/mol. The molecule has 0 saturated carbocycles. The van der Waals surface area contributed by atoms with E-state index < -0.39 is 0 Å². The summed E-state index contributed by atoms with van der Waals surface area (Å²) in [6, 6.07) is 7.32. The van der Waals surface area contributed by atoms with Crippen LogP contribution in [0.3, 0.4) is 0 Å². The van der Waals surface area contributed by atoms with Crippen molar-refractivity contribution in [1.82, 2.24) is 15.6 Å².